The maximum Gasteiger partial charge on any atom is 0.101 e. The molecule has 5 nitrogen and oxygen atoms in total. The minimum absolute atomic E-state index is 0.129. The van der Waals surface area contributed by atoms with Gasteiger partial charge in [-0.3, -0.25) is 5.10 Å². The third-order valence-corrected chi connectivity index (χ3v) is 5.13. The molecule has 110 valence electrons. The highest BCUT2D eigenvalue weighted by atomic mass is 16.3. The Labute approximate surface area is 127 Å². The van der Waals surface area contributed by atoms with Gasteiger partial charge in [-0.2, -0.15) is 5.10 Å². The third-order valence-electron chi connectivity index (χ3n) is 5.13. The molecule has 0 saturated heterocycles. The first kappa shape index (κ1) is 12.2. The Morgan fingerprint density at radius 3 is 3.09 bits per heavy atom. The molecule has 0 fully saturated rings. The Morgan fingerprint density at radius 1 is 1.23 bits per heavy atom. The number of nitrogens with zero attached hydrogens (tertiary/aromatic N) is 3. The Hall–Kier alpha value is -2.40. The number of benzene rings is 1. The topological polar surface area (TPSA) is 66.7 Å². The van der Waals surface area contributed by atoms with E-state index in [0.29, 0.717) is 0 Å². The van der Waals surface area contributed by atoms with Gasteiger partial charge in [0, 0.05) is 11.5 Å². The van der Waals surface area contributed by atoms with Crippen molar-refractivity contribution >= 4 is 0 Å². The van der Waals surface area contributed by atoms with Gasteiger partial charge in [-0.05, 0) is 24.0 Å². The fourth-order valence-electron chi connectivity index (χ4n) is 4.11. The predicted molar refractivity (Wildman–Crippen MR) is 81.2 cm³/mol. The zero-order valence-electron chi connectivity index (χ0n) is 12.0. The van der Waals surface area contributed by atoms with E-state index in [1.54, 1.807) is 0 Å². The number of nitrogens with one attached hydrogen (secondary N) is 1. The zero-order valence-corrected chi connectivity index (χ0v) is 12.0. The van der Waals surface area contributed by atoms with Crippen molar-refractivity contribution in [2.75, 3.05) is 0 Å². The van der Waals surface area contributed by atoms with Crippen molar-refractivity contribution in [2.24, 2.45) is 5.92 Å². The summed E-state index contributed by atoms with van der Waals surface area (Å²) in [7, 11) is 0. The maximum absolute atomic E-state index is 10.9. The summed E-state index contributed by atoms with van der Waals surface area (Å²) >= 11 is 0. The molecule has 1 aromatic carbocycles. The fraction of sp³-hybridized carbons (Fsp3) is 0.294. The van der Waals surface area contributed by atoms with Gasteiger partial charge >= 0.3 is 0 Å². The minimum atomic E-state index is -0.516. The van der Waals surface area contributed by atoms with Crippen LogP contribution in [0, 0.1) is 5.92 Å². The first-order valence-corrected chi connectivity index (χ1v) is 7.66. The second-order valence-electron chi connectivity index (χ2n) is 6.17. The summed E-state index contributed by atoms with van der Waals surface area (Å²) in [5.74, 6) is 0.129. The summed E-state index contributed by atoms with van der Waals surface area (Å²) in [4.78, 5) is 4.31. The summed E-state index contributed by atoms with van der Waals surface area (Å²) in [6.07, 6.45) is 7.02. The number of rotatable bonds is 1. The molecule has 2 aromatic heterocycles. The van der Waals surface area contributed by atoms with Crippen LogP contribution >= 0.6 is 0 Å². The fourth-order valence-corrected chi connectivity index (χ4v) is 4.11. The van der Waals surface area contributed by atoms with Gasteiger partial charge < -0.3 is 9.67 Å². The summed E-state index contributed by atoms with van der Waals surface area (Å²) in [6, 6.07) is 8.58. The van der Waals surface area contributed by atoms with Crippen LogP contribution in [0.1, 0.15) is 35.4 Å². The van der Waals surface area contributed by atoms with E-state index < -0.39 is 6.10 Å². The Kier molecular flexibility index (Phi) is 2.38. The lowest BCUT2D eigenvalue weighted by Crippen LogP contribution is -2.28. The summed E-state index contributed by atoms with van der Waals surface area (Å²) < 4.78 is 2.21. The van der Waals surface area contributed by atoms with Crippen molar-refractivity contribution in [3.8, 4) is 11.3 Å². The van der Waals surface area contributed by atoms with Crippen molar-refractivity contribution in [1.29, 1.82) is 0 Å². The Bertz CT molecular complexity index is 850. The second kappa shape index (κ2) is 4.30. The maximum atomic E-state index is 10.9. The predicted octanol–water partition coefficient (Wildman–Crippen LogP) is 2.47. The Balaban J connectivity index is 1.65. The number of hydrogen-bond acceptors (Lipinski definition) is 3. The van der Waals surface area contributed by atoms with Crippen LogP contribution in [0.5, 0.6) is 0 Å². The highest BCUT2D eigenvalue weighted by Crippen LogP contribution is 2.49. The van der Waals surface area contributed by atoms with Crippen molar-refractivity contribution in [1.82, 2.24) is 19.7 Å². The molecule has 3 heterocycles. The lowest BCUT2D eigenvalue weighted by molar-refractivity contribution is 0.0684. The van der Waals surface area contributed by atoms with Gasteiger partial charge in [0.2, 0.25) is 0 Å². The number of imidazole rings is 1. The molecular weight excluding hydrogens is 276 g/mol. The quantitative estimate of drug-likeness (QED) is 0.724. The molecule has 2 aliphatic rings. The van der Waals surface area contributed by atoms with Crippen LogP contribution in [0.4, 0.5) is 0 Å². The van der Waals surface area contributed by atoms with Gasteiger partial charge in [-0.25, -0.2) is 4.98 Å². The third kappa shape index (κ3) is 1.46. The summed E-state index contributed by atoms with van der Waals surface area (Å²) in [5.41, 5.74) is 5.67. The number of H-pyrrole nitrogens is 1. The van der Waals surface area contributed by atoms with E-state index in [-0.39, 0.29) is 12.0 Å². The van der Waals surface area contributed by atoms with Gasteiger partial charge in [0.05, 0.1) is 36.2 Å². The van der Waals surface area contributed by atoms with Crippen LogP contribution in [-0.2, 0) is 6.42 Å². The van der Waals surface area contributed by atoms with Crippen LogP contribution < -0.4 is 0 Å². The van der Waals surface area contributed by atoms with Gasteiger partial charge in [0.15, 0.2) is 0 Å². The van der Waals surface area contributed by atoms with Gasteiger partial charge in [-0.15, -0.1) is 0 Å². The van der Waals surface area contributed by atoms with E-state index in [4.69, 9.17) is 0 Å². The SMILES string of the molecule is O[C@H]1c2[nH]ncc2CC[C@@H]1[C@H]1c2ccccc2-c2cncn21. The van der Waals surface area contributed by atoms with Crippen LogP contribution in [-0.4, -0.2) is 24.9 Å². The average Bonchev–Trinajstić information content (AvgIpc) is 3.23. The molecule has 5 rings (SSSR count). The zero-order chi connectivity index (χ0) is 14.7. The smallest absolute Gasteiger partial charge is 0.101 e. The largest absolute Gasteiger partial charge is 0.386 e. The van der Waals surface area contributed by atoms with Crippen molar-refractivity contribution < 1.29 is 5.11 Å². The Morgan fingerprint density at radius 2 is 2.14 bits per heavy atom. The highest BCUT2D eigenvalue weighted by Gasteiger charge is 2.41. The molecule has 22 heavy (non-hydrogen) atoms. The van der Waals surface area contributed by atoms with Gasteiger partial charge in [0.1, 0.15) is 6.10 Å². The van der Waals surface area contributed by atoms with E-state index in [2.05, 4.69) is 44.0 Å². The van der Waals surface area contributed by atoms with Crippen molar-refractivity contribution in [3.05, 3.63) is 59.8 Å². The molecule has 5 heteroatoms. The number of aliphatic hydroxyl groups excluding tert-OH is 1. The molecule has 0 radical (unpaired) electrons. The molecule has 1 aliphatic carbocycles. The standard InChI is InChI=1S/C17H16N4O/c22-17-13(6-5-10-7-19-20-15(10)17)16-12-4-2-1-3-11(12)14-8-18-9-21(14)16/h1-4,7-9,13,16-17,22H,5-6H2,(H,19,20)/t13-,16-,17-/m1/s1. The molecule has 0 amide bonds. The van der Waals surface area contributed by atoms with Crippen LogP contribution in [0.3, 0.4) is 0 Å². The van der Waals surface area contributed by atoms with Crippen molar-refractivity contribution in [2.45, 2.75) is 25.0 Å². The first-order chi connectivity index (χ1) is 10.8. The van der Waals surface area contributed by atoms with E-state index in [0.717, 1.165) is 29.8 Å². The summed E-state index contributed by atoms with van der Waals surface area (Å²) in [6.45, 7) is 0. The van der Waals surface area contributed by atoms with Crippen LogP contribution in [0.15, 0.2) is 43.0 Å². The second-order valence-corrected chi connectivity index (χ2v) is 6.17. The molecular formula is C17H16N4O. The van der Waals surface area contributed by atoms with E-state index in [1.807, 2.05) is 18.7 Å². The number of aliphatic hydroxyl groups is 1. The van der Waals surface area contributed by atoms with Crippen molar-refractivity contribution in [3.63, 3.8) is 0 Å². The molecule has 2 N–H and O–H groups in total. The molecule has 0 bridgehead atoms. The summed E-state index contributed by atoms with van der Waals surface area (Å²) in [5, 5.41) is 17.9. The molecule has 0 saturated carbocycles. The average molecular weight is 292 g/mol. The van der Waals surface area contributed by atoms with E-state index in [9.17, 15) is 5.11 Å². The molecule has 0 spiro atoms. The van der Waals surface area contributed by atoms with E-state index >= 15 is 0 Å². The first-order valence-electron chi connectivity index (χ1n) is 7.66. The lowest BCUT2D eigenvalue weighted by atomic mass is 9.78. The molecule has 1 aliphatic heterocycles. The molecule has 0 unspecified atom stereocenters. The lowest BCUT2D eigenvalue weighted by Gasteiger charge is -2.33. The minimum Gasteiger partial charge on any atom is -0.386 e. The number of aryl methyl sites for hydroxylation is 1. The van der Waals surface area contributed by atoms with Gasteiger partial charge in [-0.1, -0.05) is 24.3 Å². The van der Waals surface area contributed by atoms with Crippen LogP contribution in [0.2, 0.25) is 0 Å². The van der Waals surface area contributed by atoms with Gasteiger partial charge in [0.25, 0.3) is 0 Å². The number of aromatic amines is 1. The normalized spacial score (nSPS) is 25.6. The molecule has 3 aromatic rings. The number of aromatic nitrogens is 4. The number of fused-ring (bicyclic) bond motifs is 4. The monoisotopic (exact) mass is 292 g/mol. The highest BCUT2D eigenvalue weighted by molar-refractivity contribution is 5.69. The van der Waals surface area contributed by atoms with Crippen LogP contribution in [0.25, 0.3) is 11.3 Å². The van der Waals surface area contributed by atoms with E-state index in [1.165, 1.54) is 11.1 Å². The molecule has 3 atom stereocenters. The number of hydrogen-bond donors (Lipinski definition) is 2.